The second-order valence-electron chi connectivity index (χ2n) is 7.37. The Kier molecular flexibility index (Phi) is 5.54. The molecule has 6 heteroatoms. The summed E-state index contributed by atoms with van der Waals surface area (Å²) in [6.45, 7) is 9.82. The Morgan fingerprint density at radius 2 is 2.12 bits per heavy atom. The van der Waals surface area contributed by atoms with Gasteiger partial charge in [0.05, 0.1) is 5.69 Å². The van der Waals surface area contributed by atoms with Crippen LogP contribution in [0.2, 0.25) is 0 Å². The summed E-state index contributed by atoms with van der Waals surface area (Å²) >= 11 is 2.27. The van der Waals surface area contributed by atoms with Gasteiger partial charge in [-0.05, 0) is 45.9 Å². The molecule has 0 aromatic carbocycles. The van der Waals surface area contributed by atoms with Crippen molar-refractivity contribution < 1.29 is 4.79 Å². The second-order valence-corrected chi connectivity index (χ2v) is 8.48. The highest BCUT2D eigenvalue weighted by molar-refractivity contribution is 14.1. The lowest BCUT2D eigenvalue weighted by Crippen LogP contribution is -2.47. The highest BCUT2D eigenvalue weighted by Crippen LogP contribution is 2.37. The van der Waals surface area contributed by atoms with E-state index in [0.29, 0.717) is 12.2 Å². The van der Waals surface area contributed by atoms with E-state index in [9.17, 15) is 4.79 Å². The molecule has 0 amide bonds. The van der Waals surface area contributed by atoms with Crippen LogP contribution in [0.5, 0.6) is 0 Å². The predicted octanol–water partition coefficient (Wildman–Crippen LogP) is 1.81. The highest BCUT2D eigenvalue weighted by atomic mass is 127. The summed E-state index contributed by atoms with van der Waals surface area (Å²) in [4.78, 5) is 20.6. The number of rotatable bonds is 4. The van der Waals surface area contributed by atoms with Gasteiger partial charge < -0.3 is 15.5 Å². The smallest absolute Gasteiger partial charge is 0.142 e. The lowest BCUT2D eigenvalue weighted by molar-refractivity contribution is -0.123. The Balaban J connectivity index is 1.77. The molecule has 2 N–H and O–H groups in total. The number of halogens is 1. The van der Waals surface area contributed by atoms with Gasteiger partial charge in [0, 0.05) is 63.6 Å². The fourth-order valence-corrected chi connectivity index (χ4v) is 4.61. The first-order valence-corrected chi connectivity index (χ1v) is 10.4. The molecule has 3 atom stereocenters. The fourth-order valence-electron chi connectivity index (χ4n) is 4.17. The molecule has 2 aliphatic heterocycles. The molecule has 3 unspecified atom stereocenters. The molecule has 26 heavy (non-hydrogen) atoms. The minimum absolute atomic E-state index is 0.0158. The van der Waals surface area contributed by atoms with Gasteiger partial charge in [0.1, 0.15) is 9.48 Å². The zero-order chi connectivity index (χ0) is 18.1. The number of hydrogen-bond donors (Lipinski definition) is 2. The Labute approximate surface area is 168 Å². The first kappa shape index (κ1) is 18.3. The first-order chi connectivity index (χ1) is 12.7. The number of allylic oxidation sites excluding steroid dienone is 2. The molecule has 2 saturated heterocycles. The zero-order valence-corrected chi connectivity index (χ0v) is 17.0. The first-order valence-electron chi connectivity index (χ1n) is 9.34. The SMILES string of the molecule is C=CC1=Cc2ccc(I)nc2C(CN2CCNCC2)C(C2CN2)C(=O)C1. The summed E-state index contributed by atoms with van der Waals surface area (Å²) in [5, 5.41) is 6.81. The number of pyridine rings is 1. The van der Waals surface area contributed by atoms with Crippen LogP contribution in [0, 0.1) is 9.62 Å². The van der Waals surface area contributed by atoms with Crippen LogP contribution < -0.4 is 10.6 Å². The van der Waals surface area contributed by atoms with Crippen LogP contribution in [0.1, 0.15) is 23.6 Å². The van der Waals surface area contributed by atoms with Crippen molar-refractivity contribution in [1.29, 1.82) is 0 Å². The van der Waals surface area contributed by atoms with Gasteiger partial charge in [-0.3, -0.25) is 4.79 Å². The van der Waals surface area contributed by atoms with Crippen LogP contribution in [-0.4, -0.2) is 61.0 Å². The van der Waals surface area contributed by atoms with Gasteiger partial charge in [0.2, 0.25) is 0 Å². The molecule has 3 heterocycles. The number of piperazine rings is 1. The van der Waals surface area contributed by atoms with E-state index in [2.05, 4.69) is 56.8 Å². The summed E-state index contributed by atoms with van der Waals surface area (Å²) in [5.74, 6) is 0.434. The van der Waals surface area contributed by atoms with Crippen molar-refractivity contribution in [3.63, 3.8) is 0 Å². The normalized spacial score (nSPS) is 29.3. The second kappa shape index (κ2) is 7.88. The molecule has 0 saturated carbocycles. The minimum Gasteiger partial charge on any atom is -0.314 e. The van der Waals surface area contributed by atoms with Gasteiger partial charge in [0.25, 0.3) is 0 Å². The van der Waals surface area contributed by atoms with Crippen molar-refractivity contribution in [3.05, 3.63) is 45.3 Å². The molecule has 0 spiro atoms. The van der Waals surface area contributed by atoms with Crippen molar-refractivity contribution in [3.8, 4) is 0 Å². The largest absolute Gasteiger partial charge is 0.314 e. The van der Waals surface area contributed by atoms with Crippen LogP contribution in [0.15, 0.2) is 30.4 Å². The third-order valence-corrected chi connectivity index (χ3v) is 6.20. The van der Waals surface area contributed by atoms with Gasteiger partial charge in [0.15, 0.2) is 0 Å². The Bertz CT molecular complexity index is 737. The molecule has 1 aromatic heterocycles. The number of nitrogens with one attached hydrogen (secondary N) is 2. The molecule has 1 aromatic rings. The van der Waals surface area contributed by atoms with E-state index in [1.165, 1.54) is 0 Å². The van der Waals surface area contributed by atoms with E-state index in [1.54, 1.807) is 0 Å². The maximum absolute atomic E-state index is 13.2. The van der Waals surface area contributed by atoms with E-state index in [1.807, 2.05) is 12.1 Å². The Morgan fingerprint density at radius 1 is 1.35 bits per heavy atom. The maximum Gasteiger partial charge on any atom is 0.142 e. The minimum atomic E-state index is -0.0158. The maximum atomic E-state index is 13.2. The predicted molar refractivity (Wildman–Crippen MR) is 112 cm³/mol. The Hall–Kier alpha value is -1.09. The van der Waals surface area contributed by atoms with Crippen LogP contribution >= 0.6 is 22.6 Å². The van der Waals surface area contributed by atoms with E-state index in [-0.39, 0.29) is 17.9 Å². The van der Waals surface area contributed by atoms with Gasteiger partial charge in [-0.1, -0.05) is 18.7 Å². The number of hydrogen-bond acceptors (Lipinski definition) is 5. The molecule has 1 aliphatic carbocycles. The summed E-state index contributed by atoms with van der Waals surface area (Å²) in [6, 6.07) is 4.48. The van der Waals surface area contributed by atoms with Crippen LogP contribution in [0.4, 0.5) is 0 Å². The van der Waals surface area contributed by atoms with E-state index >= 15 is 0 Å². The quantitative estimate of drug-likeness (QED) is 0.404. The average Bonchev–Trinajstić information content (AvgIpc) is 3.46. The molecule has 0 bridgehead atoms. The van der Waals surface area contributed by atoms with E-state index < -0.39 is 0 Å². The standard InChI is InChI=1S/C20H25IN4O/c1-2-13-9-14-3-4-18(21)24-20(14)15(12-25-7-5-22-6-8-25)19(16-11-23-16)17(26)10-13/h2-4,9,15-16,19,22-23H,1,5-8,10-12H2. The van der Waals surface area contributed by atoms with Crippen LogP contribution in [0.25, 0.3) is 6.08 Å². The van der Waals surface area contributed by atoms with Crippen LogP contribution in [0.3, 0.4) is 0 Å². The zero-order valence-electron chi connectivity index (χ0n) is 14.9. The van der Waals surface area contributed by atoms with Crippen molar-refractivity contribution in [2.24, 2.45) is 5.92 Å². The van der Waals surface area contributed by atoms with E-state index in [4.69, 9.17) is 4.98 Å². The monoisotopic (exact) mass is 464 g/mol. The average molecular weight is 464 g/mol. The molecular weight excluding hydrogens is 439 g/mol. The van der Waals surface area contributed by atoms with Gasteiger partial charge >= 0.3 is 0 Å². The summed E-state index contributed by atoms with van der Waals surface area (Å²) < 4.78 is 0.982. The highest BCUT2D eigenvalue weighted by Gasteiger charge is 2.43. The summed E-state index contributed by atoms with van der Waals surface area (Å²) in [6.07, 6.45) is 4.38. The Morgan fingerprint density at radius 3 is 2.81 bits per heavy atom. The molecule has 2 fully saturated rings. The molecule has 138 valence electrons. The number of carbonyl (C=O) groups excluding carboxylic acids is 1. The molecule has 0 radical (unpaired) electrons. The lowest BCUT2D eigenvalue weighted by Gasteiger charge is -2.35. The molecule has 3 aliphatic rings. The fraction of sp³-hybridized carbons (Fsp3) is 0.500. The topological polar surface area (TPSA) is 67.2 Å². The van der Waals surface area contributed by atoms with Gasteiger partial charge in [-0.25, -0.2) is 4.98 Å². The van der Waals surface area contributed by atoms with Crippen molar-refractivity contribution in [1.82, 2.24) is 20.5 Å². The summed E-state index contributed by atoms with van der Waals surface area (Å²) in [7, 11) is 0. The van der Waals surface area contributed by atoms with Gasteiger partial charge in [-0.15, -0.1) is 0 Å². The van der Waals surface area contributed by atoms with E-state index in [0.717, 1.165) is 59.8 Å². The van der Waals surface area contributed by atoms with Crippen molar-refractivity contribution >= 4 is 34.5 Å². The number of carbonyl (C=O) groups is 1. The number of nitrogens with zero attached hydrogens (tertiary/aromatic N) is 2. The lowest BCUT2D eigenvalue weighted by atomic mass is 9.77. The van der Waals surface area contributed by atoms with Crippen molar-refractivity contribution in [2.75, 3.05) is 39.3 Å². The molecule has 4 rings (SSSR count). The molecule has 5 nitrogen and oxygen atoms in total. The van der Waals surface area contributed by atoms with Crippen LogP contribution in [-0.2, 0) is 4.79 Å². The number of ketones is 1. The third kappa shape index (κ3) is 3.93. The number of aromatic nitrogens is 1. The number of fused-ring (bicyclic) bond motifs is 1. The summed E-state index contributed by atoms with van der Waals surface area (Å²) in [5.41, 5.74) is 3.20. The van der Waals surface area contributed by atoms with Crippen molar-refractivity contribution in [2.45, 2.75) is 18.4 Å². The number of Topliss-reactive ketones (excluding diaryl/α,β-unsaturated/α-hetero) is 1. The third-order valence-electron chi connectivity index (χ3n) is 5.60. The molecular formula is C20H25IN4O. The van der Waals surface area contributed by atoms with Gasteiger partial charge in [-0.2, -0.15) is 0 Å².